The molecule has 2 aromatic heterocycles. The van der Waals surface area contributed by atoms with Crippen molar-refractivity contribution in [2.75, 3.05) is 6.54 Å². The molecule has 3 aromatic rings. The third kappa shape index (κ3) is 4.60. The van der Waals surface area contributed by atoms with Gasteiger partial charge in [0.1, 0.15) is 11.4 Å². The highest BCUT2D eigenvalue weighted by molar-refractivity contribution is 7.18. The number of fused-ring (bicyclic) bond motifs is 1. The molecule has 0 radical (unpaired) electrons. The normalized spacial score (nSPS) is 12.0. The van der Waals surface area contributed by atoms with Gasteiger partial charge in [0.15, 0.2) is 11.9 Å². The highest BCUT2D eigenvalue weighted by Crippen LogP contribution is 2.27. The Kier molecular flexibility index (Phi) is 6.26. The Bertz CT molecular complexity index is 1170. The Morgan fingerprint density at radius 3 is 2.72 bits per heavy atom. The molecule has 0 aliphatic carbocycles. The van der Waals surface area contributed by atoms with Crippen LogP contribution >= 0.6 is 34.5 Å². The van der Waals surface area contributed by atoms with Crippen LogP contribution in [0.5, 0.6) is 0 Å². The molecule has 2 N–H and O–H groups in total. The van der Waals surface area contributed by atoms with Gasteiger partial charge in [-0.2, -0.15) is 0 Å². The zero-order valence-corrected chi connectivity index (χ0v) is 18.1. The molecule has 0 aliphatic rings. The van der Waals surface area contributed by atoms with E-state index in [-0.39, 0.29) is 28.5 Å². The van der Waals surface area contributed by atoms with Gasteiger partial charge in [-0.05, 0) is 44.5 Å². The molecule has 0 bridgehead atoms. The number of rotatable bonds is 5. The summed E-state index contributed by atoms with van der Waals surface area (Å²) in [6.45, 7) is 5.00. The summed E-state index contributed by atoms with van der Waals surface area (Å²) in [6.07, 6.45) is -0.793. The van der Waals surface area contributed by atoms with Crippen LogP contribution in [0, 0.1) is 13.8 Å². The lowest BCUT2D eigenvalue weighted by molar-refractivity contribution is -0.147. The van der Waals surface area contributed by atoms with E-state index in [1.54, 1.807) is 6.92 Å². The molecule has 0 saturated heterocycles. The lowest BCUT2D eigenvalue weighted by atomic mass is 10.2. The minimum absolute atomic E-state index is 0.174. The maximum atomic E-state index is 12.3. The first-order chi connectivity index (χ1) is 13.7. The average molecular weight is 454 g/mol. The summed E-state index contributed by atoms with van der Waals surface area (Å²) in [7, 11) is 0. The van der Waals surface area contributed by atoms with Crippen LogP contribution in [0.15, 0.2) is 23.0 Å². The lowest BCUT2D eigenvalue weighted by Gasteiger charge is -2.13. The number of ether oxygens (including phenoxy) is 1. The third-order valence-electron chi connectivity index (χ3n) is 4.32. The SMILES string of the molecule is Cc1sc2nc([C@@H](C)OC(=O)CNC(=O)c3ccc(Cl)cc3Cl)[nH]c(=O)c2c1C. The zero-order valence-electron chi connectivity index (χ0n) is 15.8. The number of aromatic nitrogens is 2. The second kappa shape index (κ2) is 8.52. The largest absolute Gasteiger partial charge is 0.453 e. The van der Waals surface area contributed by atoms with Crippen LogP contribution in [0.25, 0.3) is 10.2 Å². The van der Waals surface area contributed by atoms with Gasteiger partial charge in [-0.1, -0.05) is 23.2 Å². The number of nitrogens with one attached hydrogen (secondary N) is 2. The van der Waals surface area contributed by atoms with Crippen molar-refractivity contribution in [2.45, 2.75) is 26.9 Å². The number of halogens is 2. The third-order valence-corrected chi connectivity index (χ3v) is 5.97. The molecule has 0 aliphatic heterocycles. The Hall–Kier alpha value is -2.42. The van der Waals surface area contributed by atoms with E-state index in [4.69, 9.17) is 27.9 Å². The van der Waals surface area contributed by atoms with Crippen LogP contribution in [0.4, 0.5) is 0 Å². The number of thiophene rings is 1. The standard InChI is InChI=1S/C19H17Cl2N3O4S/c1-8-10(3)29-19-15(8)18(27)23-16(24-19)9(2)28-14(25)7-22-17(26)12-5-4-11(20)6-13(12)21/h4-6,9H,7H2,1-3H3,(H,22,26)(H,23,24,27)/t9-/m1/s1. The fourth-order valence-corrected chi connectivity index (χ4v) is 4.21. The van der Waals surface area contributed by atoms with Gasteiger partial charge in [-0.3, -0.25) is 14.4 Å². The topological polar surface area (TPSA) is 101 Å². The molecule has 1 atom stereocenters. The number of nitrogens with zero attached hydrogens (tertiary/aromatic N) is 1. The van der Waals surface area contributed by atoms with Crippen LogP contribution in [-0.4, -0.2) is 28.4 Å². The van der Waals surface area contributed by atoms with Crippen molar-refractivity contribution in [2.24, 2.45) is 0 Å². The first-order valence-corrected chi connectivity index (χ1v) is 10.2. The van der Waals surface area contributed by atoms with Gasteiger partial charge in [0, 0.05) is 9.90 Å². The number of amides is 1. The summed E-state index contributed by atoms with van der Waals surface area (Å²) in [6, 6.07) is 4.42. The van der Waals surface area contributed by atoms with E-state index in [9.17, 15) is 14.4 Å². The molecule has 0 spiro atoms. The Labute approximate surface area is 180 Å². The first-order valence-electron chi connectivity index (χ1n) is 8.60. The van der Waals surface area contributed by atoms with E-state index in [2.05, 4.69) is 15.3 Å². The van der Waals surface area contributed by atoms with Crippen LogP contribution in [-0.2, 0) is 9.53 Å². The number of carbonyl (C=O) groups is 2. The van der Waals surface area contributed by atoms with Crippen LogP contribution < -0.4 is 10.9 Å². The van der Waals surface area contributed by atoms with Gasteiger partial charge in [-0.25, -0.2) is 4.98 Å². The van der Waals surface area contributed by atoms with E-state index < -0.39 is 18.0 Å². The maximum Gasteiger partial charge on any atom is 0.326 e. The predicted octanol–water partition coefficient (Wildman–Crippen LogP) is 3.94. The van der Waals surface area contributed by atoms with E-state index in [0.717, 1.165) is 10.4 Å². The summed E-state index contributed by atoms with van der Waals surface area (Å²) in [5.74, 6) is -0.977. The quantitative estimate of drug-likeness (QED) is 0.569. The molecule has 1 amide bonds. The summed E-state index contributed by atoms with van der Waals surface area (Å²) in [4.78, 5) is 45.3. The van der Waals surface area contributed by atoms with Crippen LogP contribution in [0.1, 0.15) is 39.7 Å². The number of aryl methyl sites for hydroxylation is 2. The summed E-state index contributed by atoms with van der Waals surface area (Å²) in [5, 5.41) is 3.55. The molecule has 10 heteroatoms. The molecule has 0 fully saturated rings. The van der Waals surface area contributed by atoms with Gasteiger partial charge in [0.25, 0.3) is 11.5 Å². The zero-order chi connectivity index (χ0) is 21.3. The Balaban J connectivity index is 1.65. The molecular formula is C19H17Cl2N3O4S. The highest BCUT2D eigenvalue weighted by Gasteiger charge is 2.19. The monoisotopic (exact) mass is 453 g/mol. The lowest BCUT2D eigenvalue weighted by Crippen LogP contribution is -2.31. The second-order valence-electron chi connectivity index (χ2n) is 6.35. The molecular weight excluding hydrogens is 437 g/mol. The summed E-state index contributed by atoms with van der Waals surface area (Å²) < 4.78 is 5.28. The number of H-pyrrole nitrogens is 1. The highest BCUT2D eigenvalue weighted by atomic mass is 35.5. The minimum atomic E-state index is -0.793. The fourth-order valence-electron chi connectivity index (χ4n) is 2.68. The van der Waals surface area contributed by atoms with Gasteiger partial charge in [0.05, 0.1) is 16.0 Å². The van der Waals surface area contributed by atoms with Crippen molar-refractivity contribution < 1.29 is 14.3 Å². The number of hydrogen-bond donors (Lipinski definition) is 2. The van der Waals surface area contributed by atoms with Crippen molar-refractivity contribution >= 4 is 56.6 Å². The maximum absolute atomic E-state index is 12.3. The van der Waals surface area contributed by atoms with Crippen molar-refractivity contribution in [1.29, 1.82) is 0 Å². The Morgan fingerprint density at radius 1 is 1.31 bits per heavy atom. The molecule has 0 unspecified atom stereocenters. The fraction of sp³-hybridized carbons (Fsp3) is 0.263. The number of benzene rings is 1. The Morgan fingerprint density at radius 2 is 2.03 bits per heavy atom. The van der Waals surface area contributed by atoms with Crippen molar-refractivity contribution in [3.8, 4) is 0 Å². The van der Waals surface area contributed by atoms with E-state index in [0.29, 0.717) is 15.2 Å². The number of esters is 1. The van der Waals surface area contributed by atoms with Crippen molar-refractivity contribution in [1.82, 2.24) is 15.3 Å². The average Bonchev–Trinajstić information content (AvgIpc) is 2.94. The van der Waals surface area contributed by atoms with Crippen molar-refractivity contribution in [3.63, 3.8) is 0 Å². The van der Waals surface area contributed by atoms with E-state index >= 15 is 0 Å². The van der Waals surface area contributed by atoms with Gasteiger partial charge in [-0.15, -0.1) is 11.3 Å². The molecule has 152 valence electrons. The van der Waals surface area contributed by atoms with Crippen LogP contribution in [0.3, 0.4) is 0 Å². The number of aromatic amines is 1. The molecule has 1 aromatic carbocycles. The first kappa shape index (κ1) is 21.3. The smallest absolute Gasteiger partial charge is 0.326 e. The summed E-state index contributed by atoms with van der Waals surface area (Å²) in [5.41, 5.74) is 0.802. The van der Waals surface area contributed by atoms with Gasteiger partial charge >= 0.3 is 5.97 Å². The molecule has 7 nitrogen and oxygen atoms in total. The number of carbonyl (C=O) groups excluding carboxylic acids is 2. The van der Waals surface area contributed by atoms with Crippen molar-refractivity contribution in [3.05, 3.63) is 60.4 Å². The van der Waals surface area contributed by atoms with Gasteiger partial charge < -0.3 is 15.0 Å². The molecule has 3 rings (SSSR count). The molecule has 29 heavy (non-hydrogen) atoms. The predicted molar refractivity (Wildman–Crippen MR) is 113 cm³/mol. The summed E-state index contributed by atoms with van der Waals surface area (Å²) >= 11 is 13.2. The van der Waals surface area contributed by atoms with Crippen LogP contribution in [0.2, 0.25) is 10.0 Å². The molecule has 0 saturated carbocycles. The molecule has 2 heterocycles. The minimum Gasteiger partial charge on any atom is -0.453 e. The van der Waals surface area contributed by atoms with E-state index in [1.165, 1.54) is 29.5 Å². The second-order valence-corrected chi connectivity index (χ2v) is 8.40. The van der Waals surface area contributed by atoms with Gasteiger partial charge in [0.2, 0.25) is 0 Å². The van der Waals surface area contributed by atoms with E-state index in [1.807, 2.05) is 13.8 Å². The number of hydrogen-bond acceptors (Lipinski definition) is 6.